The molecule has 0 rings (SSSR count). The lowest BCUT2D eigenvalue weighted by Crippen LogP contribution is -1.85. The highest BCUT2D eigenvalue weighted by Crippen LogP contribution is 2.06. The minimum absolute atomic E-state index is 0.382. The smallest absolute Gasteiger partial charge is 0.149 e. The molecule has 11 heavy (non-hydrogen) atoms. The Balaban J connectivity index is 2.69. The molecule has 0 amide bonds. The molecule has 0 saturated heterocycles. The van der Waals surface area contributed by atoms with Gasteiger partial charge < -0.3 is 0 Å². The maximum absolute atomic E-state index is 2.34. The van der Waals surface area contributed by atoms with E-state index < -0.39 is 0 Å². The molecule has 1 heteroatoms. The summed E-state index contributed by atoms with van der Waals surface area (Å²) in [6.45, 7) is 4.62. The van der Waals surface area contributed by atoms with Gasteiger partial charge in [-0.2, -0.15) is 0 Å². The zero-order valence-electron chi connectivity index (χ0n) is 8.36. The van der Waals surface area contributed by atoms with Crippen LogP contribution in [0.3, 0.4) is 0 Å². The van der Waals surface area contributed by atoms with Gasteiger partial charge in [0.25, 0.3) is 0 Å². The third-order valence-corrected chi connectivity index (χ3v) is 3.91. The van der Waals surface area contributed by atoms with Crippen LogP contribution in [0.4, 0.5) is 0 Å². The molecule has 0 spiro atoms. The normalized spacial score (nSPS) is 9.64. The van der Waals surface area contributed by atoms with E-state index in [4.69, 9.17) is 0 Å². The Hall–Kier alpha value is 0.766. The summed E-state index contributed by atoms with van der Waals surface area (Å²) in [5.74, 6) is 0. The van der Waals surface area contributed by atoms with Gasteiger partial charge in [0.2, 0.25) is 0 Å². The summed E-state index contributed by atoms with van der Waals surface area (Å²) in [6.07, 6.45) is 8.84. The monoisotopic (exact) mass is 166 g/mol. The summed E-state index contributed by atoms with van der Waals surface area (Å²) >= 11 is 0.382. The van der Waals surface area contributed by atoms with Gasteiger partial charge in [-0.1, -0.05) is 52.4 Å². The summed E-state index contributed by atoms with van der Waals surface area (Å²) in [7, 11) is 0. The first-order chi connectivity index (χ1) is 5.41. The highest BCUT2D eigenvalue weighted by Gasteiger charge is 1.92. The Labute approximate surface area is 81.9 Å². The largest absolute Gasteiger partial charge is 0.363 e. The summed E-state index contributed by atoms with van der Waals surface area (Å²) in [6, 6.07) is 0. The molecule has 0 fully saturated rings. The minimum atomic E-state index is 0.382. The number of unbranched alkanes of at least 4 members (excludes halogenated alkanes) is 5. The average Bonchev–Trinajstić information content (AvgIpc) is 2.03. The molecule has 0 aliphatic carbocycles. The molecular formula is C10H22Mg. The van der Waals surface area contributed by atoms with E-state index in [9.17, 15) is 0 Å². The SMILES string of the molecule is CCCCCCC[CH2][Mg][CH2]C. The molecule has 0 nitrogen and oxygen atoms in total. The van der Waals surface area contributed by atoms with Crippen LogP contribution in [0.15, 0.2) is 0 Å². The van der Waals surface area contributed by atoms with Crippen molar-refractivity contribution in [3.8, 4) is 0 Å². The Kier molecular flexibility index (Phi) is 11.5. The van der Waals surface area contributed by atoms with E-state index in [1.807, 2.05) is 0 Å². The van der Waals surface area contributed by atoms with Crippen LogP contribution in [0.5, 0.6) is 0 Å². The van der Waals surface area contributed by atoms with Crippen molar-refractivity contribution in [1.82, 2.24) is 0 Å². The fraction of sp³-hybridized carbons (Fsp3) is 1.00. The highest BCUT2D eigenvalue weighted by molar-refractivity contribution is 6.35. The quantitative estimate of drug-likeness (QED) is 0.379. The molecule has 0 aliphatic rings. The number of rotatable bonds is 8. The Morgan fingerprint density at radius 3 is 2.09 bits per heavy atom. The van der Waals surface area contributed by atoms with Crippen LogP contribution >= 0.6 is 0 Å². The average molecular weight is 167 g/mol. The van der Waals surface area contributed by atoms with Crippen LogP contribution in [-0.2, 0) is 0 Å². The first-order valence-electron chi connectivity index (χ1n) is 5.41. The summed E-state index contributed by atoms with van der Waals surface area (Å²) < 4.78 is 3.11. The van der Waals surface area contributed by atoms with Gasteiger partial charge in [0, 0.05) is 0 Å². The van der Waals surface area contributed by atoms with Crippen LogP contribution in [-0.4, -0.2) is 20.4 Å². The molecule has 0 saturated carbocycles. The van der Waals surface area contributed by atoms with E-state index in [1.54, 1.807) is 4.55 Å². The molecule has 0 atom stereocenters. The third kappa shape index (κ3) is 10.8. The number of hydrogen-bond acceptors (Lipinski definition) is 0. The van der Waals surface area contributed by atoms with Gasteiger partial charge >= 0.3 is 20.4 Å². The predicted octanol–water partition coefficient (Wildman–Crippen LogP) is 3.91. The molecule has 0 heterocycles. The maximum atomic E-state index is 2.34. The molecule has 0 aromatic rings. The van der Waals surface area contributed by atoms with E-state index in [0.717, 1.165) is 0 Å². The first-order valence-corrected chi connectivity index (χ1v) is 7.41. The fourth-order valence-electron chi connectivity index (χ4n) is 1.38. The van der Waals surface area contributed by atoms with Crippen molar-refractivity contribution >= 4 is 20.4 Å². The van der Waals surface area contributed by atoms with E-state index in [-0.39, 0.29) is 0 Å². The molecular weight excluding hydrogens is 144 g/mol. The van der Waals surface area contributed by atoms with Crippen LogP contribution in [0, 0.1) is 0 Å². The Bertz CT molecular complexity index is 53.9. The second-order valence-corrected chi connectivity index (χ2v) is 5.89. The van der Waals surface area contributed by atoms with Gasteiger partial charge in [0.1, 0.15) is 0 Å². The molecule has 64 valence electrons. The lowest BCUT2D eigenvalue weighted by Gasteiger charge is -1.98. The zero-order chi connectivity index (χ0) is 8.36. The van der Waals surface area contributed by atoms with E-state index in [1.165, 1.54) is 43.1 Å². The first kappa shape index (κ1) is 11.8. The van der Waals surface area contributed by atoms with Crippen molar-refractivity contribution in [2.75, 3.05) is 0 Å². The molecule has 0 unspecified atom stereocenters. The highest BCUT2D eigenvalue weighted by atomic mass is 24.5. The van der Waals surface area contributed by atoms with Crippen LogP contribution < -0.4 is 0 Å². The summed E-state index contributed by atoms with van der Waals surface area (Å²) in [4.78, 5) is 0. The summed E-state index contributed by atoms with van der Waals surface area (Å²) in [5, 5.41) is 0. The van der Waals surface area contributed by atoms with Gasteiger partial charge in [-0.3, -0.25) is 0 Å². The van der Waals surface area contributed by atoms with E-state index in [0.29, 0.717) is 20.4 Å². The third-order valence-electron chi connectivity index (χ3n) is 2.21. The van der Waals surface area contributed by atoms with Gasteiger partial charge in [0.05, 0.1) is 0 Å². The van der Waals surface area contributed by atoms with Gasteiger partial charge in [-0.15, -0.1) is 9.10 Å². The molecule has 0 aliphatic heterocycles. The molecule has 0 N–H and O–H groups in total. The van der Waals surface area contributed by atoms with Gasteiger partial charge in [-0.25, -0.2) is 0 Å². The van der Waals surface area contributed by atoms with Gasteiger partial charge in [0.15, 0.2) is 0 Å². The van der Waals surface area contributed by atoms with Gasteiger partial charge in [-0.05, 0) is 0 Å². The van der Waals surface area contributed by atoms with Crippen molar-refractivity contribution in [2.24, 2.45) is 0 Å². The van der Waals surface area contributed by atoms with Crippen molar-refractivity contribution in [3.63, 3.8) is 0 Å². The van der Waals surface area contributed by atoms with Crippen molar-refractivity contribution in [3.05, 3.63) is 0 Å². The maximum Gasteiger partial charge on any atom is 0.363 e. The lowest BCUT2D eigenvalue weighted by atomic mass is 10.1. The van der Waals surface area contributed by atoms with Crippen LogP contribution in [0.2, 0.25) is 9.10 Å². The Morgan fingerprint density at radius 1 is 0.818 bits per heavy atom. The summed E-state index contributed by atoms with van der Waals surface area (Å²) in [5.41, 5.74) is 0. The predicted molar refractivity (Wildman–Crippen MR) is 54.4 cm³/mol. The van der Waals surface area contributed by atoms with Crippen molar-refractivity contribution in [2.45, 2.75) is 61.5 Å². The molecule has 0 aromatic heterocycles. The van der Waals surface area contributed by atoms with Crippen molar-refractivity contribution < 1.29 is 0 Å². The zero-order valence-corrected chi connectivity index (χ0v) is 9.78. The van der Waals surface area contributed by atoms with Crippen LogP contribution in [0.25, 0.3) is 0 Å². The Morgan fingerprint density at radius 2 is 1.45 bits per heavy atom. The second-order valence-electron chi connectivity index (χ2n) is 3.47. The molecule has 0 aromatic carbocycles. The standard InChI is InChI=1S/C8H17.C2H5.Mg/c1-3-5-7-8-6-4-2;1-2;/h1,3-8H2,2H3;1H2,2H3;. The topological polar surface area (TPSA) is 0 Å². The van der Waals surface area contributed by atoms with Crippen LogP contribution in [0.1, 0.15) is 52.4 Å². The minimum Gasteiger partial charge on any atom is -0.149 e. The van der Waals surface area contributed by atoms with Crippen molar-refractivity contribution in [1.29, 1.82) is 0 Å². The molecule has 0 bridgehead atoms. The van der Waals surface area contributed by atoms with E-state index in [2.05, 4.69) is 13.8 Å². The lowest BCUT2D eigenvalue weighted by molar-refractivity contribution is 0.624. The number of hydrogen-bond donors (Lipinski definition) is 0. The fourth-order valence-corrected chi connectivity index (χ4v) is 2.59. The second kappa shape index (κ2) is 10.8. The molecule has 0 radical (unpaired) electrons. The van der Waals surface area contributed by atoms with E-state index >= 15 is 0 Å².